The van der Waals surface area contributed by atoms with Gasteiger partial charge in [-0.2, -0.15) is 0 Å². The van der Waals surface area contributed by atoms with E-state index in [1.165, 1.54) is 30.7 Å². The zero-order valence-electron chi connectivity index (χ0n) is 22.3. The van der Waals surface area contributed by atoms with Gasteiger partial charge < -0.3 is 31.4 Å². The summed E-state index contributed by atoms with van der Waals surface area (Å²) in [7, 11) is 0. The van der Waals surface area contributed by atoms with Crippen molar-refractivity contribution in [3.63, 3.8) is 0 Å². The van der Waals surface area contributed by atoms with E-state index < -0.39 is 5.82 Å². The number of nitrogens with two attached hydrogens (primary N) is 1. The lowest BCUT2D eigenvalue weighted by atomic mass is 9.88. The maximum Gasteiger partial charge on any atom is 0.245 e. The molecule has 1 fully saturated rings. The lowest BCUT2D eigenvalue weighted by Gasteiger charge is -2.32. The van der Waals surface area contributed by atoms with Crippen LogP contribution in [0.5, 0.6) is 11.5 Å². The number of carbonyl (C=O) groups excluding carboxylic acids is 2. The van der Waals surface area contributed by atoms with Gasteiger partial charge in [-0.15, -0.1) is 0 Å². The number of aromatic nitrogens is 3. The molecule has 0 saturated carbocycles. The highest BCUT2D eigenvalue weighted by Gasteiger charge is 2.28. The fraction of sp³-hybridized carbons (Fsp3) is 0.286. The predicted octanol–water partition coefficient (Wildman–Crippen LogP) is 4.52. The normalized spacial score (nSPS) is 13.6. The fourth-order valence-electron chi connectivity index (χ4n) is 4.22. The van der Waals surface area contributed by atoms with Crippen LogP contribution in [0.3, 0.4) is 0 Å². The Bertz CT molecular complexity index is 1440. The highest BCUT2D eigenvalue weighted by Crippen LogP contribution is 2.32. The highest BCUT2D eigenvalue weighted by atomic mass is 19.1. The van der Waals surface area contributed by atoms with Gasteiger partial charge in [0.2, 0.25) is 11.8 Å². The van der Waals surface area contributed by atoms with Crippen molar-refractivity contribution in [3.05, 3.63) is 66.9 Å². The molecule has 0 bridgehead atoms. The summed E-state index contributed by atoms with van der Waals surface area (Å²) in [5.41, 5.74) is 6.76. The summed E-state index contributed by atoms with van der Waals surface area (Å²) >= 11 is 0. The Hall–Kier alpha value is -4.87. The molecular weight excluding hydrogens is 515 g/mol. The Morgan fingerprint density at radius 2 is 1.90 bits per heavy atom. The Balaban J connectivity index is 1.48. The monoisotopic (exact) mass is 546 g/mol. The van der Waals surface area contributed by atoms with E-state index in [-0.39, 0.29) is 52.4 Å². The summed E-state index contributed by atoms with van der Waals surface area (Å²) in [5.74, 6) is -0.0946. The van der Waals surface area contributed by atoms with Crippen molar-refractivity contribution in [2.75, 3.05) is 29.5 Å². The zero-order valence-corrected chi connectivity index (χ0v) is 22.3. The zero-order chi connectivity index (χ0) is 28.8. The first-order valence-corrected chi connectivity index (χ1v) is 12.8. The summed E-state index contributed by atoms with van der Waals surface area (Å²) in [6.45, 7) is 8.05. The van der Waals surface area contributed by atoms with E-state index >= 15 is 4.39 Å². The van der Waals surface area contributed by atoms with E-state index in [1.807, 2.05) is 0 Å². The minimum atomic E-state index is -0.620. The van der Waals surface area contributed by atoms with Crippen LogP contribution >= 0.6 is 0 Å². The first kappa shape index (κ1) is 28.1. The van der Waals surface area contributed by atoms with Crippen LogP contribution in [-0.4, -0.2) is 50.5 Å². The molecule has 1 aliphatic rings. The second-order valence-corrected chi connectivity index (χ2v) is 9.59. The molecule has 2 aromatic heterocycles. The SMILES string of the molecule is C=CC(=O)N1CCC(C(=N)c2c(N)ncnc2Nc2ccc(Oc3ccnc(NC(=O)C(C)C)c3)cc2F)CC1. The van der Waals surface area contributed by atoms with E-state index in [4.69, 9.17) is 15.9 Å². The molecule has 2 amide bonds. The average molecular weight is 547 g/mol. The maximum atomic E-state index is 15.1. The number of likely N-dealkylation sites (tertiary alicyclic amines) is 1. The molecule has 3 aromatic rings. The van der Waals surface area contributed by atoms with E-state index in [1.54, 1.807) is 36.9 Å². The number of halogens is 1. The molecule has 1 aliphatic heterocycles. The third-order valence-corrected chi connectivity index (χ3v) is 6.47. The molecule has 3 heterocycles. The molecular formula is C28H31FN8O3. The molecule has 5 N–H and O–H groups in total. The average Bonchev–Trinajstić information content (AvgIpc) is 2.94. The number of carbonyl (C=O) groups is 2. The van der Waals surface area contributed by atoms with Crippen LogP contribution < -0.4 is 21.1 Å². The van der Waals surface area contributed by atoms with Gasteiger partial charge in [0.05, 0.1) is 11.3 Å². The summed E-state index contributed by atoms with van der Waals surface area (Å²) in [5, 5.41) is 14.4. The van der Waals surface area contributed by atoms with Crippen molar-refractivity contribution >= 4 is 40.7 Å². The molecule has 40 heavy (non-hydrogen) atoms. The summed E-state index contributed by atoms with van der Waals surface area (Å²) in [6.07, 6.45) is 5.15. The van der Waals surface area contributed by atoms with Gasteiger partial charge in [-0.05, 0) is 37.1 Å². The summed E-state index contributed by atoms with van der Waals surface area (Å²) < 4.78 is 20.9. The fourth-order valence-corrected chi connectivity index (χ4v) is 4.22. The Morgan fingerprint density at radius 1 is 1.18 bits per heavy atom. The number of amides is 2. The molecule has 12 heteroatoms. The van der Waals surface area contributed by atoms with Crippen molar-refractivity contribution in [3.8, 4) is 11.5 Å². The number of rotatable bonds is 9. The van der Waals surface area contributed by atoms with Crippen LogP contribution in [0.4, 0.5) is 27.5 Å². The van der Waals surface area contributed by atoms with Crippen molar-refractivity contribution in [1.29, 1.82) is 5.41 Å². The largest absolute Gasteiger partial charge is 0.457 e. The van der Waals surface area contributed by atoms with Crippen LogP contribution in [0.25, 0.3) is 0 Å². The van der Waals surface area contributed by atoms with Gasteiger partial charge in [0.15, 0.2) is 0 Å². The van der Waals surface area contributed by atoms with E-state index in [9.17, 15) is 9.59 Å². The van der Waals surface area contributed by atoms with Crippen LogP contribution in [-0.2, 0) is 9.59 Å². The molecule has 0 atom stereocenters. The quantitative estimate of drug-likeness (QED) is 0.225. The second kappa shape index (κ2) is 12.3. The lowest BCUT2D eigenvalue weighted by molar-refractivity contribution is -0.127. The maximum absolute atomic E-state index is 15.1. The van der Waals surface area contributed by atoms with Crippen LogP contribution in [0.2, 0.25) is 0 Å². The number of hydrogen-bond acceptors (Lipinski definition) is 9. The van der Waals surface area contributed by atoms with Gasteiger partial charge in [-0.1, -0.05) is 20.4 Å². The number of pyridine rings is 1. The molecule has 0 aliphatic carbocycles. The van der Waals surface area contributed by atoms with Crippen molar-refractivity contribution in [1.82, 2.24) is 19.9 Å². The minimum absolute atomic E-state index is 0.102. The Labute approximate surface area is 231 Å². The molecule has 4 rings (SSSR count). The van der Waals surface area contributed by atoms with Crippen molar-refractivity contribution in [2.45, 2.75) is 26.7 Å². The highest BCUT2D eigenvalue weighted by molar-refractivity contribution is 6.07. The molecule has 208 valence electrons. The number of ether oxygens (including phenoxy) is 1. The number of benzene rings is 1. The van der Waals surface area contributed by atoms with Gasteiger partial charge in [-0.25, -0.2) is 19.3 Å². The summed E-state index contributed by atoms with van der Waals surface area (Å²) in [4.78, 5) is 37.9. The molecule has 0 radical (unpaired) electrons. The van der Waals surface area contributed by atoms with Gasteiger partial charge in [0.25, 0.3) is 0 Å². The first-order valence-electron chi connectivity index (χ1n) is 12.8. The van der Waals surface area contributed by atoms with E-state index in [0.717, 1.165) is 0 Å². The van der Waals surface area contributed by atoms with Gasteiger partial charge in [0, 0.05) is 49.0 Å². The first-order chi connectivity index (χ1) is 19.2. The Kier molecular flexibility index (Phi) is 8.67. The van der Waals surface area contributed by atoms with Gasteiger partial charge in [0.1, 0.15) is 41.1 Å². The van der Waals surface area contributed by atoms with Crippen molar-refractivity contribution in [2.24, 2.45) is 11.8 Å². The lowest BCUT2D eigenvalue weighted by Crippen LogP contribution is -2.39. The predicted molar refractivity (Wildman–Crippen MR) is 150 cm³/mol. The molecule has 0 spiro atoms. The molecule has 0 unspecified atom stereocenters. The van der Waals surface area contributed by atoms with E-state index in [2.05, 4.69) is 32.2 Å². The smallest absolute Gasteiger partial charge is 0.245 e. The van der Waals surface area contributed by atoms with Gasteiger partial charge >= 0.3 is 0 Å². The minimum Gasteiger partial charge on any atom is -0.457 e. The van der Waals surface area contributed by atoms with Crippen LogP contribution in [0, 0.1) is 23.1 Å². The third-order valence-electron chi connectivity index (χ3n) is 6.47. The number of nitrogens with zero attached hydrogens (tertiary/aromatic N) is 4. The Morgan fingerprint density at radius 3 is 2.58 bits per heavy atom. The number of hydrogen-bond donors (Lipinski definition) is 4. The van der Waals surface area contributed by atoms with Crippen LogP contribution in [0.1, 0.15) is 32.3 Å². The summed E-state index contributed by atoms with van der Waals surface area (Å²) in [6, 6.07) is 7.40. The molecule has 11 nitrogen and oxygen atoms in total. The van der Waals surface area contributed by atoms with Crippen molar-refractivity contribution < 1.29 is 18.7 Å². The number of anilines is 4. The molecule has 1 aromatic carbocycles. The standard InChI is InChI=1S/C28H31FN8O3/c1-4-23(38)37-11-8-17(9-12-37)25(30)24-26(31)33-15-34-27(24)35-21-6-5-18(13-20(21)29)40-19-7-10-32-22(14-19)36-28(39)16(2)3/h4-7,10,13-17,30H,1,8-9,11-12H2,2-3H3,(H,32,36,39)(H3,31,33,34,35). The topological polar surface area (TPSA) is 159 Å². The third kappa shape index (κ3) is 6.57. The number of nitrogen functional groups attached to an aromatic ring is 1. The number of piperidine rings is 1. The second-order valence-electron chi connectivity index (χ2n) is 9.59. The van der Waals surface area contributed by atoms with Crippen LogP contribution in [0.15, 0.2) is 55.5 Å². The number of nitrogens with one attached hydrogen (secondary N) is 3. The van der Waals surface area contributed by atoms with Gasteiger partial charge in [-0.3, -0.25) is 9.59 Å². The van der Waals surface area contributed by atoms with E-state index in [0.29, 0.717) is 43.1 Å². The molecule has 1 saturated heterocycles.